The Hall–Kier alpha value is -5.25. The summed E-state index contributed by atoms with van der Waals surface area (Å²) in [5, 5.41) is 2.34. The van der Waals surface area contributed by atoms with E-state index in [-0.39, 0.29) is 28.5 Å². The van der Waals surface area contributed by atoms with Crippen LogP contribution < -0.4 is 19.3 Å². The number of fused-ring (bicyclic) bond motifs is 6. The van der Waals surface area contributed by atoms with Crippen LogP contribution in [0.4, 0.5) is 34.1 Å². The molecule has 0 atom stereocenters. The van der Waals surface area contributed by atoms with Crippen LogP contribution in [0.3, 0.4) is 0 Å². The van der Waals surface area contributed by atoms with Crippen LogP contribution in [0.1, 0.15) is 18.6 Å². The summed E-state index contributed by atoms with van der Waals surface area (Å²) in [6, 6.07) is 48.5. The van der Waals surface area contributed by atoms with Crippen LogP contribution in [-0.2, 0) is 33.9 Å². The number of aromatic nitrogens is 2. The van der Waals surface area contributed by atoms with Crippen LogP contribution in [0, 0.1) is 19.2 Å². The number of nitrogens with zero attached hydrogens (tertiary/aromatic N) is 5. The Kier molecular flexibility index (Phi) is 7.89. The van der Waals surface area contributed by atoms with E-state index in [0.717, 1.165) is 75.0 Å². The maximum Gasteiger partial charge on any atom is 2.00 e. The van der Waals surface area contributed by atoms with Gasteiger partial charge < -0.3 is 19.3 Å². The SMILES string of the molecule is C.C=C1N(C)c2ccccc2N1c1[c-]c2c(cc1)CCc1ccccc1N2c1[c-]c2c(cc1)c1ccccc1n2-c1cccc[n+]1[CH2-].[Pt+2]. The number of benzene rings is 5. The molecule has 5 nitrogen and oxygen atoms in total. The van der Waals surface area contributed by atoms with Gasteiger partial charge in [-0.1, -0.05) is 104 Å². The smallest absolute Gasteiger partial charge is 0.371 e. The average molecular weight is 805 g/mol. The topological polar surface area (TPSA) is 18.5 Å². The number of para-hydroxylation sites is 4. The molecule has 4 heterocycles. The van der Waals surface area contributed by atoms with Crippen molar-refractivity contribution >= 4 is 55.9 Å². The van der Waals surface area contributed by atoms with E-state index in [9.17, 15) is 0 Å². The predicted molar refractivity (Wildman–Crippen MR) is 194 cm³/mol. The van der Waals surface area contributed by atoms with Gasteiger partial charge in [0.1, 0.15) is 11.3 Å². The Morgan fingerprint density at radius 2 is 1.33 bits per heavy atom. The quantitative estimate of drug-likeness (QED) is 0.131. The molecule has 0 spiro atoms. The predicted octanol–water partition coefficient (Wildman–Crippen LogP) is 9.57. The van der Waals surface area contributed by atoms with E-state index >= 15 is 0 Å². The van der Waals surface area contributed by atoms with E-state index < -0.39 is 0 Å². The number of rotatable bonds is 3. The molecule has 2 aliphatic rings. The summed E-state index contributed by atoms with van der Waals surface area (Å²) < 4.78 is 4.19. The van der Waals surface area contributed by atoms with Crippen molar-refractivity contribution in [1.29, 1.82) is 0 Å². The molecule has 48 heavy (non-hydrogen) atoms. The average Bonchev–Trinajstić information content (AvgIpc) is 3.48. The Labute approximate surface area is 296 Å². The van der Waals surface area contributed by atoms with Crippen molar-refractivity contribution in [2.24, 2.45) is 0 Å². The van der Waals surface area contributed by atoms with Crippen LogP contribution in [0.2, 0.25) is 0 Å². The molecular formula is C42H35N5Pt. The molecule has 2 aliphatic heterocycles. The zero-order valence-corrected chi connectivity index (χ0v) is 28.2. The first-order chi connectivity index (χ1) is 22.6. The zero-order chi connectivity index (χ0) is 30.9. The first kappa shape index (κ1) is 31.4. The summed E-state index contributed by atoms with van der Waals surface area (Å²) in [5.74, 6) is 1.88. The molecule has 9 rings (SSSR count). The van der Waals surface area contributed by atoms with Gasteiger partial charge in [0.05, 0.1) is 11.4 Å². The summed E-state index contributed by atoms with van der Waals surface area (Å²) in [6.07, 6.45) is 3.85. The van der Waals surface area contributed by atoms with E-state index in [1.165, 1.54) is 16.5 Å². The summed E-state index contributed by atoms with van der Waals surface area (Å²) >= 11 is 0. The Balaban J connectivity index is 0.00000182. The third-order valence-corrected chi connectivity index (χ3v) is 9.44. The van der Waals surface area contributed by atoms with Crippen molar-refractivity contribution in [3.63, 3.8) is 0 Å². The van der Waals surface area contributed by atoms with Crippen LogP contribution in [-0.4, -0.2) is 11.6 Å². The van der Waals surface area contributed by atoms with Gasteiger partial charge in [-0.3, -0.25) is 4.57 Å². The molecule has 0 radical (unpaired) electrons. The van der Waals surface area contributed by atoms with Gasteiger partial charge in [0.15, 0.2) is 5.82 Å². The van der Waals surface area contributed by atoms with Gasteiger partial charge in [-0.05, 0) is 60.9 Å². The molecule has 0 saturated heterocycles. The van der Waals surface area contributed by atoms with E-state index in [2.05, 4.69) is 161 Å². The second-order valence-corrected chi connectivity index (χ2v) is 12.0. The molecule has 0 N–H and O–H groups in total. The number of aryl methyl sites for hydroxylation is 2. The van der Waals surface area contributed by atoms with Gasteiger partial charge >= 0.3 is 21.1 Å². The Morgan fingerprint density at radius 3 is 2.17 bits per heavy atom. The van der Waals surface area contributed by atoms with Crippen LogP contribution in [0.25, 0.3) is 27.6 Å². The first-order valence-corrected chi connectivity index (χ1v) is 15.6. The molecule has 238 valence electrons. The minimum absolute atomic E-state index is 0. The fourth-order valence-corrected chi connectivity index (χ4v) is 7.17. The van der Waals surface area contributed by atoms with Gasteiger partial charge in [-0.25, -0.2) is 0 Å². The minimum atomic E-state index is 0. The maximum absolute atomic E-state index is 4.45. The van der Waals surface area contributed by atoms with E-state index in [4.69, 9.17) is 0 Å². The molecule has 0 saturated carbocycles. The van der Waals surface area contributed by atoms with E-state index in [1.807, 2.05) is 16.8 Å². The van der Waals surface area contributed by atoms with Gasteiger partial charge in [0.25, 0.3) is 0 Å². The molecule has 0 fully saturated rings. The fourth-order valence-electron chi connectivity index (χ4n) is 7.17. The van der Waals surface area contributed by atoms with Gasteiger partial charge in [0.2, 0.25) is 0 Å². The fraction of sp³-hybridized carbons (Fsp3) is 0.0952. The standard InChI is InChI=1S/C41H31N5.CH4.Pt/c1-28-43(3)37-16-8-9-17-38(37)44(28)31-22-21-30-20-19-29-12-4-6-14-35(29)45(39(30)26-31)32-23-24-34-33-13-5-7-15-36(33)46(40(34)27-32)41-18-10-11-25-42(41)2;;/h4-18,21-25H,1-2,19-20H2,3H3;1H4;/q-2;;+2. The van der Waals surface area contributed by atoms with Crippen LogP contribution >= 0.6 is 0 Å². The van der Waals surface area contributed by atoms with Crippen molar-refractivity contribution in [1.82, 2.24) is 4.57 Å². The molecule has 0 bridgehead atoms. The van der Waals surface area contributed by atoms with Crippen LogP contribution in [0.15, 0.2) is 134 Å². The van der Waals surface area contributed by atoms with Crippen molar-refractivity contribution in [2.45, 2.75) is 20.3 Å². The van der Waals surface area contributed by atoms with Crippen molar-refractivity contribution < 1.29 is 25.6 Å². The van der Waals surface area contributed by atoms with Crippen molar-refractivity contribution in [3.05, 3.63) is 164 Å². The first-order valence-electron chi connectivity index (χ1n) is 15.6. The van der Waals surface area contributed by atoms with Gasteiger partial charge in [0, 0.05) is 18.3 Å². The summed E-state index contributed by atoms with van der Waals surface area (Å²) in [4.78, 5) is 6.69. The number of anilines is 6. The molecular weight excluding hydrogens is 770 g/mol. The second-order valence-electron chi connectivity index (χ2n) is 12.0. The monoisotopic (exact) mass is 804 g/mol. The Morgan fingerprint density at radius 1 is 0.667 bits per heavy atom. The summed E-state index contributed by atoms with van der Waals surface area (Å²) in [7, 11) is 6.37. The van der Waals surface area contributed by atoms with Crippen LogP contribution in [0.5, 0.6) is 0 Å². The molecule has 0 amide bonds. The number of hydrogen-bond donors (Lipinski definition) is 0. The van der Waals surface area contributed by atoms with E-state index in [0.29, 0.717) is 0 Å². The van der Waals surface area contributed by atoms with Crippen molar-refractivity contribution in [3.8, 4) is 5.82 Å². The van der Waals surface area contributed by atoms with Crippen molar-refractivity contribution in [2.75, 3.05) is 21.7 Å². The molecule has 7 aromatic rings. The molecule has 5 aromatic carbocycles. The maximum atomic E-state index is 4.45. The zero-order valence-electron chi connectivity index (χ0n) is 25.9. The van der Waals surface area contributed by atoms with E-state index in [1.54, 1.807) is 0 Å². The number of hydrogen-bond acceptors (Lipinski definition) is 3. The number of pyridine rings is 1. The van der Waals surface area contributed by atoms with Gasteiger partial charge in [-0.2, -0.15) is 12.1 Å². The molecule has 0 aliphatic carbocycles. The van der Waals surface area contributed by atoms with Gasteiger partial charge in [-0.15, -0.1) is 29.8 Å². The minimum Gasteiger partial charge on any atom is -0.371 e. The summed E-state index contributed by atoms with van der Waals surface area (Å²) in [6.45, 7) is 4.45. The normalized spacial score (nSPS) is 13.4. The third kappa shape index (κ3) is 4.64. The Bertz CT molecular complexity index is 2360. The largest absolute Gasteiger partial charge is 2.00 e. The molecule has 6 heteroatoms. The third-order valence-electron chi connectivity index (χ3n) is 9.44. The molecule has 2 aromatic heterocycles. The molecule has 0 unspecified atom stereocenters. The summed E-state index contributed by atoms with van der Waals surface area (Å²) in [5.41, 5.74) is 11.0. The second kappa shape index (κ2) is 12.1.